The molecular formula is C27H36N6O2. The maximum Gasteiger partial charge on any atom is 0.234 e. The molecule has 1 amide bonds. The van der Waals surface area contributed by atoms with Gasteiger partial charge in [-0.1, -0.05) is 54.7 Å². The first-order valence-electron chi connectivity index (χ1n) is 12.7. The fraction of sp³-hybridized carbons (Fsp3) is 0.519. The predicted octanol–water partition coefficient (Wildman–Crippen LogP) is 1.44. The van der Waals surface area contributed by atoms with Gasteiger partial charge in [0, 0.05) is 37.8 Å². The van der Waals surface area contributed by atoms with Gasteiger partial charge >= 0.3 is 0 Å². The number of nitrogens with one attached hydrogen (secondary N) is 1. The van der Waals surface area contributed by atoms with Crippen molar-refractivity contribution in [2.24, 2.45) is 27.6 Å². The number of rotatable bonds is 1. The second-order valence-electron chi connectivity index (χ2n) is 9.82. The molecule has 2 bridgehead atoms. The largest absolute Gasteiger partial charge is 0.368 e. The van der Waals surface area contributed by atoms with Gasteiger partial charge in [-0.2, -0.15) is 0 Å². The lowest BCUT2D eigenvalue weighted by Crippen LogP contribution is -2.62. The van der Waals surface area contributed by atoms with E-state index in [4.69, 9.17) is 10.5 Å². The number of carbonyl (C=O) groups excluding carboxylic acids is 1. The third-order valence-electron chi connectivity index (χ3n) is 7.74. The van der Waals surface area contributed by atoms with E-state index in [2.05, 4.69) is 61.6 Å². The molecule has 35 heavy (non-hydrogen) atoms. The van der Waals surface area contributed by atoms with Crippen LogP contribution in [-0.2, 0) is 9.53 Å². The summed E-state index contributed by atoms with van der Waals surface area (Å²) in [5.41, 5.74) is 5.76. The van der Waals surface area contributed by atoms with E-state index < -0.39 is 0 Å². The van der Waals surface area contributed by atoms with Crippen LogP contribution in [0.4, 0.5) is 0 Å². The maximum atomic E-state index is 12.2. The van der Waals surface area contributed by atoms with Crippen LogP contribution < -0.4 is 11.1 Å². The summed E-state index contributed by atoms with van der Waals surface area (Å²) in [7, 11) is 0. The number of hydrogen-bond acceptors (Lipinski definition) is 7. The monoisotopic (exact) mass is 476 g/mol. The average Bonchev–Trinajstić information content (AvgIpc) is 3.46. The van der Waals surface area contributed by atoms with E-state index >= 15 is 0 Å². The molecule has 0 aromatic rings. The van der Waals surface area contributed by atoms with Gasteiger partial charge in [0.1, 0.15) is 12.6 Å². The number of fused-ring (bicyclic) bond motifs is 4. The highest BCUT2D eigenvalue weighted by atomic mass is 16.5. The minimum absolute atomic E-state index is 0.0519. The summed E-state index contributed by atoms with van der Waals surface area (Å²) >= 11 is 0. The van der Waals surface area contributed by atoms with Crippen molar-refractivity contribution in [2.75, 3.05) is 32.7 Å². The standard InChI is InChI=1S/C27H36N6O2/c28-26(34)24-17-20-18-33(24)16-13-30-19-29-12-7-3-1-2-4-8-14-32-15-11-22-21-9-5-6-10-23(21)31-27(35-20)25(22)32/h1-10,12,19-25,27,31H,11,13-18H2,(H2,28,34)/b2-1-,7-3+,8-4+,29-12?,30-19?. The smallest absolute Gasteiger partial charge is 0.234 e. The van der Waals surface area contributed by atoms with Crippen LogP contribution in [0.5, 0.6) is 0 Å². The van der Waals surface area contributed by atoms with E-state index in [0.717, 1.165) is 19.5 Å². The van der Waals surface area contributed by atoms with E-state index in [-0.39, 0.29) is 36.4 Å². The second kappa shape index (κ2) is 11.4. The average molecular weight is 477 g/mol. The molecule has 4 heterocycles. The number of allylic oxidation sites excluding steroid dienone is 7. The summed E-state index contributed by atoms with van der Waals surface area (Å²) in [6.07, 6.45) is 26.0. The van der Waals surface area contributed by atoms with E-state index in [1.54, 1.807) is 12.6 Å². The van der Waals surface area contributed by atoms with Gasteiger partial charge in [-0.3, -0.25) is 24.9 Å². The Balaban J connectivity index is 1.38. The summed E-state index contributed by atoms with van der Waals surface area (Å²) in [6, 6.07) is 0.240. The number of carbonyl (C=O) groups is 1. The Morgan fingerprint density at radius 1 is 1.03 bits per heavy atom. The molecule has 1 aliphatic carbocycles. The topological polar surface area (TPSA) is 95.6 Å². The fourth-order valence-corrected chi connectivity index (χ4v) is 6.17. The predicted molar refractivity (Wildman–Crippen MR) is 139 cm³/mol. The summed E-state index contributed by atoms with van der Waals surface area (Å²) in [5.74, 6) is 0.722. The maximum absolute atomic E-state index is 12.2. The van der Waals surface area contributed by atoms with Gasteiger partial charge in [-0.05, 0) is 31.4 Å². The lowest BCUT2D eigenvalue weighted by atomic mass is 9.75. The number of ether oxygens (including phenoxy) is 1. The molecule has 186 valence electrons. The van der Waals surface area contributed by atoms with Crippen molar-refractivity contribution in [3.05, 3.63) is 60.8 Å². The summed E-state index contributed by atoms with van der Waals surface area (Å²) in [5, 5.41) is 3.80. The molecule has 8 heteroatoms. The number of nitrogens with zero attached hydrogens (tertiary/aromatic N) is 4. The van der Waals surface area contributed by atoms with Crippen LogP contribution in [0.15, 0.2) is 70.7 Å². The SMILES string of the molecule is NC(=O)C1CC2CN1CCN=CN=C/C=C/C=C\C=C\CN1CCC3C4C=CC=CC4NC(O2)C31. The number of primary amides is 1. The first-order valence-corrected chi connectivity index (χ1v) is 12.7. The number of piperidine rings is 1. The lowest BCUT2D eigenvalue weighted by Gasteiger charge is -2.47. The van der Waals surface area contributed by atoms with Crippen LogP contribution in [0.25, 0.3) is 0 Å². The van der Waals surface area contributed by atoms with Crippen molar-refractivity contribution in [3.8, 4) is 0 Å². The molecule has 3 fully saturated rings. The van der Waals surface area contributed by atoms with Gasteiger partial charge in [-0.25, -0.2) is 4.99 Å². The zero-order valence-corrected chi connectivity index (χ0v) is 20.1. The van der Waals surface area contributed by atoms with Crippen LogP contribution in [0.2, 0.25) is 0 Å². The van der Waals surface area contributed by atoms with Gasteiger partial charge in [0.15, 0.2) is 0 Å². The normalized spacial score (nSPS) is 42.2. The van der Waals surface area contributed by atoms with Crippen LogP contribution >= 0.6 is 0 Å². The van der Waals surface area contributed by atoms with E-state index in [1.807, 2.05) is 24.3 Å². The first kappa shape index (κ1) is 24.1. The Bertz CT molecular complexity index is 967. The lowest BCUT2D eigenvalue weighted by molar-refractivity contribution is -0.122. The third-order valence-corrected chi connectivity index (χ3v) is 7.74. The van der Waals surface area contributed by atoms with Crippen molar-refractivity contribution in [1.29, 1.82) is 0 Å². The van der Waals surface area contributed by atoms with Crippen molar-refractivity contribution >= 4 is 18.5 Å². The Kier molecular flexibility index (Phi) is 7.83. The molecule has 0 aromatic carbocycles. The van der Waals surface area contributed by atoms with E-state index in [0.29, 0.717) is 37.9 Å². The minimum Gasteiger partial charge on any atom is -0.368 e. The van der Waals surface area contributed by atoms with Crippen molar-refractivity contribution in [2.45, 2.75) is 43.3 Å². The molecule has 3 N–H and O–H groups in total. The van der Waals surface area contributed by atoms with Crippen LogP contribution in [0.3, 0.4) is 0 Å². The van der Waals surface area contributed by atoms with E-state index in [9.17, 15) is 4.79 Å². The van der Waals surface area contributed by atoms with Gasteiger partial charge in [0.05, 0.1) is 24.7 Å². The molecule has 5 rings (SSSR count). The van der Waals surface area contributed by atoms with Gasteiger partial charge in [-0.15, -0.1) is 0 Å². The Labute approximate surface area is 207 Å². The first-order chi connectivity index (χ1) is 17.2. The van der Waals surface area contributed by atoms with Crippen LogP contribution in [0.1, 0.15) is 12.8 Å². The highest BCUT2D eigenvalue weighted by molar-refractivity contribution is 5.80. The number of aliphatic imine (C=N–C) groups is 2. The summed E-state index contributed by atoms with van der Waals surface area (Å²) < 4.78 is 6.77. The molecule has 0 radical (unpaired) electrons. The van der Waals surface area contributed by atoms with Crippen molar-refractivity contribution < 1.29 is 9.53 Å². The summed E-state index contributed by atoms with van der Waals surface area (Å²) in [4.78, 5) is 25.4. The minimum atomic E-state index is -0.325. The Morgan fingerprint density at radius 2 is 1.89 bits per heavy atom. The van der Waals surface area contributed by atoms with Crippen molar-refractivity contribution in [1.82, 2.24) is 15.1 Å². The van der Waals surface area contributed by atoms with Gasteiger partial charge in [0.2, 0.25) is 5.91 Å². The number of amides is 1. The number of nitrogens with two attached hydrogens (primary N) is 1. The zero-order valence-electron chi connectivity index (χ0n) is 20.1. The molecular weight excluding hydrogens is 440 g/mol. The molecule has 0 saturated carbocycles. The van der Waals surface area contributed by atoms with Crippen molar-refractivity contribution in [3.63, 3.8) is 0 Å². The quantitative estimate of drug-likeness (QED) is 0.597. The molecule has 3 saturated heterocycles. The van der Waals surface area contributed by atoms with Gasteiger partial charge in [0.25, 0.3) is 0 Å². The Hall–Kier alpha value is -2.65. The third kappa shape index (κ3) is 5.62. The highest BCUT2D eigenvalue weighted by Gasteiger charge is 2.50. The second-order valence-corrected chi connectivity index (χ2v) is 9.82. The molecule has 8 nitrogen and oxygen atoms in total. The fourth-order valence-electron chi connectivity index (χ4n) is 6.17. The number of hydrogen-bond donors (Lipinski definition) is 2. The molecule has 8 unspecified atom stereocenters. The summed E-state index contributed by atoms with van der Waals surface area (Å²) in [6.45, 7) is 3.83. The van der Waals surface area contributed by atoms with Crippen LogP contribution in [-0.4, -0.2) is 91.4 Å². The molecule has 4 aliphatic heterocycles. The Morgan fingerprint density at radius 3 is 2.80 bits per heavy atom. The molecule has 0 aromatic heterocycles. The van der Waals surface area contributed by atoms with E-state index in [1.165, 1.54) is 0 Å². The molecule has 5 aliphatic rings. The molecule has 0 spiro atoms. The zero-order chi connectivity index (χ0) is 24.0. The van der Waals surface area contributed by atoms with Gasteiger partial charge < -0.3 is 10.5 Å². The van der Waals surface area contributed by atoms with Crippen LogP contribution in [0, 0.1) is 11.8 Å². The molecule has 8 atom stereocenters. The highest BCUT2D eigenvalue weighted by Crippen LogP contribution is 2.41.